The molecule has 3 heterocycles. The number of aromatic nitrogens is 4. The fraction of sp³-hybridized carbons (Fsp3) is 0.280. The minimum atomic E-state index is -0.0558. The Kier molecular flexibility index (Phi) is 5.42. The summed E-state index contributed by atoms with van der Waals surface area (Å²) < 4.78 is 12.8. The summed E-state index contributed by atoms with van der Waals surface area (Å²) in [7, 11) is 0. The highest BCUT2D eigenvalue weighted by Crippen LogP contribution is 2.37. The molecule has 1 aromatic carbocycles. The number of nitrogens with zero attached hydrogens (tertiary/aromatic N) is 4. The Balaban J connectivity index is 1.58. The van der Waals surface area contributed by atoms with E-state index in [9.17, 15) is 4.79 Å². The number of furan rings is 1. The molecular formula is C25H25N5O3. The number of ether oxygens (including phenoxy) is 1. The molecule has 1 unspecified atom stereocenters. The van der Waals surface area contributed by atoms with Crippen molar-refractivity contribution in [1.29, 1.82) is 0 Å². The molecular weight excluding hydrogens is 418 g/mol. The number of benzene rings is 1. The maximum atomic E-state index is 13.3. The van der Waals surface area contributed by atoms with Crippen LogP contribution in [0.1, 0.15) is 52.5 Å². The van der Waals surface area contributed by atoms with E-state index in [4.69, 9.17) is 14.3 Å². The Labute approximate surface area is 191 Å². The Bertz CT molecular complexity index is 1270. The van der Waals surface area contributed by atoms with Crippen LogP contribution >= 0.6 is 0 Å². The number of nitrogens with one attached hydrogen (secondary N) is 1. The lowest BCUT2D eigenvalue weighted by Gasteiger charge is -2.21. The second-order valence-corrected chi connectivity index (χ2v) is 8.16. The third kappa shape index (κ3) is 4.11. The zero-order valence-electron chi connectivity index (χ0n) is 18.8. The second kappa shape index (κ2) is 8.54. The molecule has 0 fully saturated rings. The monoisotopic (exact) mass is 443 g/mol. The first-order chi connectivity index (χ1) is 16.0. The van der Waals surface area contributed by atoms with Crippen molar-refractivity contribution in [2.75, 3.05) is 11.9 Å². The number of carbonyl (C=O) groups is 1. The normalized spacial score (nSPS) is 15.4. The number of hydrogen-bond donors (Lipinski definition) is 1. The molecule has 0 saturated carbocycles. The summed E-state index contributed by atoms with van der Waals surface area (Å²) in [6.07, 6.45) is 2.60. The average molecular weight is 444 g/mol. The molecule has 33 heavy (non-hydrogen) atoms. The SMILES string of the molecule is CCOc1ccc(Nc2nn(-c3nc(C)cc(C)n3)c3c2C(=O)CC(c2ccco2)C3)cc1. The molecule has 0 amide bonds. The van der Waals surface area contributed by atoms with Gasteiger partial charge < -0.3 is 14.5 Å². The van der Waals surface area contributed by atoms with Gasteiger partial charge in [0.15, 0.2) is 11.6 Å². The topological polar surface area (TPSA) is 95.1 Å². The number of rotatable bonds is 6. The highest BCUT2D eigenvalue weighted by Gasteiger charge is 2.35. The zero-order valence-corrected chi connectivity index (χ0v) is 18.8. The van der Waals surface area contributed by atoms with Crippen LogP contribution in [0.15, 0.2) is 53.1 Å². The van der Waals surface area contributed by atoms with Gasteiger partial charge in [0.25, 0.3) is 5.95 Å². The van der Waals surface area contributed by atoms with Crippen molar-refractivity contribution in [2.24, 2.45) is 0 Å². The van der Waals surface area contributed by atoms with Gasteiger partial charge in [0.05, 0.1) is 24.1 Å². The third-order valence-corrected chi connectivity index (χ3v) is 5.66. The van der Waals surface area contributed by atoms with Crippen molar-refractivity contribution in [3.8, 4) is 11.7 Å². The number of hydrogen-bond acceptors (Lipinski definition) is 7. The van der Waals surface area contributed by atoms with Crippen LogP contribution in [0.3, 0.4) is 0 Å². The summed E-state index contributed by atoms with van der Waals surface area (Å²) >= 11 is 0. The predicted octanol–water partition coefficient (Wildman–Crippen LogP) is 4.93. The van der Waals surface area contributed by atoms with Crippen LogP contribution in [0.2, 0.25) is 0 Å². The minimum absolute atomic E-state index is 0.0155. The molecule has 1 aliphatic carbocycles. The van der Waals surface area contributed by atoms with Gasteiger partial charge in [-0.25, -0.2) is 14.6 Å². The number of Topliss-reactive ketones (excluding diaryl/α,β-unsaturated/α-hetero) is 1. The van der Waals surface area contributed by atoms with E-state index in [1.54, 1.807) is 10.9 Å². The van der Waals surface area contributed by atoms with Gasteiger partial charge in [0, 0.05) is 35.8 Å². The Morgan fingerprint density at radius 2 is 1.88 bits per heavy atom. The van der Waals surface area contributed by atoms with Gasteiger partial charge in [-0.1, -0.05) is 0 Å². The summed E-state index contributed by atoms with van der Waals surface area (Å²) in [5, 5.41) is 8.08. The lowest BCUT2D eigenvalue weighted by Crippen LogP contribution is -2.21. The van der Waals surface area contributed by atoms with Crippen molar-refractivity contribution in [3.05, 3.63) is 77.1 Å². The number of ketones is 1. The number of aryl methyl sites for hydroxylation is 2. The van der Waals surface area contributed by atoms with Crippen molar-refractivity contribution in [3.63, 3.8) is 0 Å². The van der Waals surface area contributed by atoms with Gasteiger partial charge in [-0.3, -0.25) is 4.79 Å². The highest BCUT2D eigenvalue weighted by molar-refractivity contribution is 6.03. The van der Waals surface area contributed by atoms with E-state index in [0.29, 0.717) is 36.8 Å². The molecule has 4 aromatic rings. The average Bonchev–Trinajstić information content (AvgIpc) is 3.43. The fourth-order valence-electron chi connectivity index (χ4n) is 4.28. The first-order valence-corrected chi connectivity index (χ1v) is 11.0. The molecule has 3 aromatic heterocycles. The smallest absolute Gasteiger partial charge is 0.251 e. The highest BCUT2D eigenvalue weighted by atomic mass is 16.5. The second-order valence-electron chi connectivity index (χ2n) is 8.16. The molecule has 168 valence electrons. The summed E-state index contributed by atoms with van der Waals surface area (Å²) in [6, 6.07) is 13.3. The van der Waals surface area contributed by atoms with E-state index < -0.39 is 0 Å². The van der Waals surface area contributed by atoms with E-state index in [2.05, 4.69) is 15.3 Å². The Morgan fingerprint density at radius 1 is 1.12 bits per heavy atom. The maximum Gasteiger partial charge on any atom is 0.251 e. The molecule has 0 aliphatic heterocycles. The number of anilines is 2. The van der Waals surface area contributed by atoms with E-state index in [1.807, 2.05) is 63.2 Å². The van der Waals surface area contributed by atoms with Gasteiger partial charge >= 0.3 is 0 Å². The Morgan fingerprint density at radius 3 is 2.55 bits per heavy atom. The minimum Gasteiger partial charge on any atom is -0.494 e. The van der Waals surface area contributed by atoms with Crippen LogP contribution in [0, 0.1) is 13.8 Å². The van der Waals surface area contributed by atoms with Gasteiger partial charge in [-0.05, 0) is 63.2 Å². The van der Waals surface area contributed by atoms with Gasteiger partial charge in [0.1, 0.15) is 11.5 Å². The van der Waals surface area contributed by atoms with Crippen LogP contribution in [0.4, 0.5) is 11.5 Å². The van der Waals surface area contributed by atoms with E-state index in [0.717, 1.165) is 34.3 Å². The first-order valence-electron chi connectivity index (χ1n) is 11.0. The van der Waals surface area contributed by atoms with E-state index in [1.165, 1.54) is 0 Å². The molecule has 0 radical (unpaired) electrons. The van der Waals surface area contributed by atoms with E-state index >= 15 is 0 Å². The lowest BCUT2D eigenvalue weighted by atomic mass is 9.85. The van der Waals surface area contributed by atoms with Crippen molar-refractivity contribution in [1.82, 2.24) is 19.7 Å². The summed E-state index contributed by atoms with van der Waals surface area (Å²) in [4.78, 5) is 22.5. The van der Waals surface area contributed by atoms with Crippen LogP contribution in [0.25, 0.3) is 5.95 Å². The van der Waals surface area contributed by atoms with Crippen LogP contribution in [0.5, 0.6) is 5.75 Å². The molecule has 1 aliphatic rings. The number of fused-ring (bicyclic) bond motifs is 1. The van der Waals surface area contributed by atoms with Crippen LogP contribution in [-0.2, 0) is 6.42 Å². The molecule has 0 spiro atoms. The van der Waals surface area contributed by atoms with Gasteiger partial charge in [-0.2, -0.15) is 0 Å². The zero-order chi connectivity index (χ0) is 22.9. The molecule has 5 rings (SSSR count). The predicted molar refractivity (Wildman–Crippen MR) is 124 cm³/mol. The van der Waals surface area contributed by atoms with Crippen LogP contribution in [-0.4, -0.2) is 32.1 Å². The quantitative estimate of drug-likeness (QED) is 0.451. The fourth-order valence-corrected chi connectivity index (χ4v) is 4.28. The van der Waals surface area contributed by atoms with Crippen molar-refractivity contribution >= 4 is 17.3 Å². The molecule has 0 bridgehead atoms. The largest absolute Gasteiger partial charge is 0.494 e. The Hall–Kier alpha value is -3.94. The lowest BCUT2D eigenvalue weighted by molar-refractivity contribution is 0.0960. The molecule has 0 saturated heterocycles. The number of carbonyl (C=O) groups excluding carboxylic acids is 1. The third-order valence-electron chi connectivity index (χ3n) is 5.66. The summed E-state index contributed by atoms with van der Waals surface area (Å²) in [6.45, 7) is 6.39. The molecule has 8 heteroatoms. The van der Waals surface area contributed by atoms with Gasteiger partial charge in [-0.15, -0.1) is 5.10 Å². The summed E-state index contributed by atoms with van der Waals surface area (Å²) in [5.41, 5.74) is 3.86. The van der Waals surface area contributed by atoms with Crippen molar-refractivity contribution in [2.45, 2.75) is 39.5 Å². The first kappa shape index (κ1) is 20.9. The maximum absolute atomic E-state index is 13.3. The molecule has 8 nitrogen and oxygen atoms in total. The molecule has 1 atom stereocenters. The van der Waals surface area contributed by atoms with E-state index in [-0.39, 0.29) is 11.7 Å². The summed E-state index contributed by atoms with van der Waals surface area (Å²) in [5.74, 6) is 2.50. The van der Waals surface area contributed by atoms with Crippen molar-refractivity contribution < 1.29 is 13.9 Å². The van der Waals surface area contributed by atoms with Gasteiger partial charge in [0.2, 0.25) is 0 Å². The molecule has 1 N–H and O–H groups in total. The standard InChI is InChI=1S/C25H25N5O3/c1-4-32-19-9-7-18(8-10-19)28-24-23-20(13-17(14-21(23)31)22-6-5-11-33-22)30(29-24)25-26-15(2)12-16(3)27-25/h5-12,17H,4,13-14H2,1-3H3,(H,28,29). The van der Waals surface area contributed by atoms with Crippen LogP contribution < -0.4 is 10.1 Å².